The number of nitrogens with one attached hydrogen (secondary N) is 2. The summed E-state index contributed by atoms with van der Waals surface area (Å²) in [5.74, 6) is -0.355. The van der Waals surface area contributed by atoms with Crippen LogP contribution in [0.4, 0.5) is 0 Å². The number of aromatic amines is 1. The van der Waals surface area contributed by atoms with Crippen LogP contribution >= 0.6 is 0 Å². The number of rotatable bonds is 3. The lowest BCUT2D eigenvalue weighted by molar-refractivity contribution is 0.0945. The number of pyridine rings is 1. The topological polar surface area (TPSA) is 96.6 Å². The first-order chi connectivity index (χ1) is 11.6. The predicted octanol–water partition coefficient (Wildman–Crippen LogP) is 0.909. The molecule has 4 rings (SSSR count). The summed E-state index contributed by atoms with van der Waals surface area (Å²) in [6.45, 7) is 2.27. The van der Waals surface area contributed by atoms with Crippen molar-refractivity contribution in [2.75, 3.05) is 0 Å². The Labute approximate surface area is 135 Å². The van der Waals surface area contributed by atoms with Crippen LogP contribution in [-0.4, -0.2) is 29.9 Å². The fourth-order valence-corrected chi connectivity index (χ4v) is 2.60. The van der Waals surface area contributed by atoms with Crippen molar-refractivity contribution in [1.29, 1.82) is 0 Å². The molecular formula is C16H14N6O2. The number of hydrogen-bond donors (Lipinski definition) is 2. The van der Waals surface area contributed by atoms with E-state index in [1.165, 1.54) is 16.8 Å². The van der Waals surface area contributed by atoms with Crippen LogP contribution in [0.15, 0.2) is 47.8 Å². The minimum atomic E-state index is -0.355. The largest absolute Gasteiger partial charge is 0.345 e. The number of carbonyl (C=O) groups is 1. The third-order valence-corrected chi connectivity index (χ3v) is 3.79. The van der Waals surface area contributed by atoms with Gasteiger partial charge in [-0.25, -0.2) is 9.50 Å². The highest BCUT2D eigenvalue weighted by Gasteiger charge is 2.13. The van der Waals surface area contributed by atoms with E-state index in [1.807, 2.05) is 35.9 Å². The molecule has 4 aromatic heterocycles. The molecule has 0 fully saturated rings. The number of aryl methyl sites for hydroxylation is 1. The number of fused-ring (bicyclic) bond motifs is 2. The zero-order valence-electron chi connectivity index (χ0n) is 12.9. The Balaban J connectivity index is 1.55. The first-order valence-electron chi connectivity index (χ1n) is 7.40. The fourth-order valence-electron chi connectivity index (χ4n) is 2.60. The summed E-state index contributed by atoms with van der Waals surface area (Å²) in [4.78, 5) is 31.0. The van der Waals surface area contributed by atoms with Gasteiger partial charge in [-0.05, 0) is 18.6 Å². The van der Waals surface area contributed by atoms with Crippen LogP contribution in [0.25, 0.3) is 11.2 Å². The van der Waals surface area contributed by atoms with E-state index < -0.39 is 0 Å². The molecule has 0 aromatic carbocycles. The minimum absolute atomic E-state index is 0.187. The van der Waals surface area contributed by atoms with Gasteiger partial charge in [0.2, 0.25) is 0 Å². The number of aromatic nitrogens is 5. The maximum absolute atomic E-state index is 12.2. The summed E-state index contributed by atoms with van der Waals surface area (Å²) in [6.07, 6.45) is 6.84. The molecule has 0 bridgehead atoms. The third kappa shape index (κ3) is 2.34. The maximum Gasteiger partial charge on any atom is 0.273 e. The third-order valence-electron chi connectivity index (χ3n) is 3.79. The lowest BCUT2D eigenvalue weighted by Gasteiger charge is -1.99. The first-order valence-corrected chi connectivity index (χ1v) is 7.40. The SMILES string of the molecule is Cc1cccn2cc(CNC(=O)c3cc4c(=O)[nH]ccn4n3)nc12. The number of hydrogen-bond acceptors (Lipinski definition) is 4. The Morgan fingerprint density at radius 3 is 3.04 bits per heavy atom. The summed E-state index contributed by atoms with van der Waals surface area (Å²) >= 11 is 0. The van der Waals surface area contributed by atoms with Gasteiger partial charge in [-0.3, -0.25) is 9.59 Å². The molecule has 0 aliphatic heterocycles. The monoisotopic (exact) mass is 322 g/mol. The molecule has 8 heteroatoms. The Hall–Kier alpha value is -3.42. The van der Waals surface area contributed by atoms with Gasteiger partial charge in [-0.1, -0.05) is 6.07 Å². The highest BCUT2D eigenvalue weighted by molar-refractivity contribution is 5.93. The number of H-pyrrole nitrogens is 1. The number of nitrogens with zero attached hydrogens (tertiary/aromatic N) is 4. The zero-order chi connectivity index (χ0) is 16.7. The molecule has 1 amide bonds. The summed E-state index contributed by atoms with van der Waals surface area (Å²) in [7, 11) is 0. The van der Waals surface area contributed by atoms with E-state index in [0.29, 0.717) is 5.52 Å². The number of carbonyl (C=O) groups excluding carboxylic acids is 1. The van der Waals surface area contributed by atoms with E-state index in [1.54, 1.807) is 6.20 Å². The molecule has 0 atom stereocenters. The molecular weight excluding hydrogens is 308 g/mol. The van der Waals surface area contributed by atoms with Crippen LogP contribution in [0.2, 0.25) is 0 Å². The van der Waals surface area contributed by atoms with E-state index in [9.17, 15) is 9.59 Å². The summed E-state index contributed by atoms with van der Waals surface area (Å²) in [6, 6.07) is 5.39. The van der Waals surface area contributed by atoms with Gasteiger partial charge in [0.1, 0.15) is 11.2 Å². The minimum Gasteiger partial charge on any atom is -0.345 e. The molecule has 0 aliphatic rings. The van der Waals surface area contributed by atoms with E-state index in [-0.39, 0.29) is 23.7 Å². The second-order valence-corrected chi connectivity index (χ2v) is 5.49. The molecule has 120 valence electrons. The van der Waals surface area contributed by atoms with Gasteiger partial charge in [0.15, 0.2) is 5.69 Å². The van der Waals surface area contributed by atoms with Crippen LogP contribution < -0.4 is 10.9 Å². The Bertz CT molecular complexity index is 1120. The smallest absolute Gasteiger partial charge is 0.273 e. The molecule has 2 N–H and O–H groups in total. The average Bonchev–Trinajstić information content (AvgIpc) is 3.18. The Kier molecular flexibility index (Phi) is 3.16. The molecule has 0 saturated heterocycles. The average molecular weight is 322 g/mol. The molecule has 0 spiro atoms. The van der Waals surface area contributed by atoms with E-state index >= 15 is 0 Å². The normalized spacial score (nSPS) is 11.2. The zero-order valence-corrected chi connectivity index (χ0v) is 12.9. The second kappa shape index (κ2) is 5.34. The molecule has 0 unspecified atom stereocenters. The second-order valence-electron chi connectivity index (χ2n) is 5.49. The van der Waals surface area contributed by atoms with Gasteiger partial charge in [-0.2, -0.15) is 5.10 Å². The van der Waals surface area contributed by atoms with Crippen molar-refractivity contribution in [3.8, 4) is 0 Å². The maximum atomic E-state index is 12.2. The van der Waals surface area contributed by atoms with Crippen molar-refractivity contribution >= 4 is 17.1 Å². The Morgan fingerprint density at radius 2 is 2.25 bits per heavy atom. The van der Waals surface area contributed by atoms with Gasteiger partial charge in [0.05, 0.1) is 12.2 Å². The predicted molar refractivity (Wildman–Crippen MR) is 86.9 cm³/mol. The van der Waals surface area contributed by atoms with Crippen LogP contribution in [0.1, 0.15) is 21.7 Å². The van der Waals surface area contributed by atoms with Crippen molar-refractivity contribution < 1.29 is 4.79 Å². The van der Waals surface area contributed by atoms with E-state index in [2.05, 4.69) is 20.4 Å². The van der Waals surface area contributed by atoms with Crippen molar-refractivity contribution in [1.82, 2.24) is 29.3 Å². The van der Waals surface area contributed by atoms with Gasteiger partial charge < -0.3 is 14.7 Å². The van der Waals surface area contributed by atoms with Gasteiger partial charge in [-0.15, -0.1) is 0 Å². The first kappa shape index (κ1) is 14.2. The molecule has 0 saturated carbocycles. The van der Waals surface area contributed by atoms with Crippen molar-refractivity contribution in [2.45, 2.75) is 13.5 Å². The molecule has 8 nitrogen and oxygen atoms in total. The van der Waals surface area contributed by atoms with E-state index in [4.69, 9.17) is 0 Å². The molecule has 4 aromatic rings. The van der Waals surface area contributed by atoms with Gasteiger partial charge in [0, 0.05) is 30.9 Å². The van der Waals surface area contributed by atoms with Crippen LogP contribution in [0.3, 0.4) is 0 Å². The van der Waals surface area contributed by atoms with Crippen molar-refractivity contribution in [2.24, 2.45) is 0 Å². The summed E-state index contributed by atoms with van der Waals surface area (Å²) in [5.41, 5.74) is 2.90. The molecule has 4 heterocycles. The van der Waals surface area contributed by atoms with E-state index in [0.717, 1.165) is 16.9 Å². The van der Waals surface area contributed by atoms with Crippen LogP contribution in [-0.2, 0) is 6.54 Å². The lowest BCUT2D eigenvalue weighted by Crippen LogP contribution is -2.23. The molecule has 0 aliphatic carbocycles. The highest BCUT2D eigenvalue weighted by Crippen LogP contribution is 2.10. The van der Waals surface area contributed by atoms with Gasteiger partial charge >= 0.3 is 0 Å². The quantitative estimate of drug-likeness (QED) is 0.586. The molecule has 0 radical (unpaired) electrons. The highest BCUT2D eigenvalue weighted by atomic mass is 16.2. The lowest BCUT2D eigenvalue weighted by atomic mass is 10.3. The fraction of sp³-hybridized carbons (Fsp3) is 0.125. The summed E-state index contributed by atoms with van der Waals surface area (Å²) in [5, 5.41) is 6.87. The van der Waals surface area contributed by atoms with Gasteiger partial charge in [0.25, 0.3) is 11.5 Å². The molecule has 24 heavy (non-hydrogen) atoms. The number of amides is 1. The Morgan fingerprint density at radius 1 is 1.38 bits per heavy atom. The van der Waals surface area contributed by atoms with Crippen molar-refractivity contribution in [3.05, 3.63) is 70.3 Å². The van der Waals surface area contributed by atoms with Crippen LogP contribution in [0.5, 0.6) is 0 Å². The van der Waals surface area contributed by atoms with Crippen LogP contribution in [0, 0.1) is 6.92 Å². The van der Waals surface area contributed by atoms with Crippen molar-refractivity contribution in [3.63, 3.8) is 0 Å². The summed E-state index contributed by atoms with van der Waals surface area (Å²) < 4.78 is 3.29. The standard InChI is InChI=1S/C16H14N6O2/c1-10-3-2-5-21-9-11(19-14(10)21)8-18-15(23)12-7-13-16(24)17-4-6-22(13)20-12/h2-7,9H,8H2,1H3,(H,17,24)(H,18,23). The number of imidazole rings is 1.